The monoisotopic (exact) mass is 340 g/mol. The Morgan fingerprint density at radius 1 is 1.20 bits per heavy atom. The Morgan fingerprint density at radius 3 is 2.84 bits per heavy atom. The Balaban J connectivity index is 1.51. The Morgan fingerprint density at radius 2 is 2.04 bits per heavy atom. The number of aliphatic imine (C=N–C) groups is 1. The van der Waals surface area contributed by atoms with Crippen molar-refractivity contribution in [3.8, 4) is 5.75 Å². The average Bonchev–Trinajstić information content (AvgIpc) is 3.04. The molecule has 0 saturated heterocycles. The molecule has 5 nitrogen and oxygen atoms in total. The number of para-hydroxylation sites is 1. The SMILES string of the molecule is CN=C(NCCc1c[nH]c2ccccc12)NCc1ccc(O)c(F)c1. The zero-order valence-electron chi connectivity index (χ0n) is 14.0. The van der Waals surface area contributed by atoms with Crippen LogP contribution in [0.3, 0.4) is 0 Å². The Kier molecular flexibility index (Phi) is 5.18. The van der Waals surface area contributed by atoms with Gasteiger partial charge in [-0.15, -0.1) is 0 Å². The standard InChI is InChI=1S/C19H21FN4O/c1-21-19(24-11-13-6-7-18(25)16(20)10-13)22-9-8-14-12-23-17-5-3-2-4-15(14)17/h2-7,10,12,23,25H,8-9,11H2,1H3,(H2,21,22,24). The highest BCUT2D eigenvalue weighted by Gasteiger charge is 2.05. The first-order valence-electron chi connectivity index (χ1n) is 8.14. The molecule has 1 aromatic heterocycles. The molecule has 3 rings (SSSR count). The number of aromatic hydroxyl groups is 1. The van der Waals surface area contributed by atoms with Crippen molar-refractivity contribution in [3.63, 3.8) is 0 Å². The number of aromatic amines is 1. The summed E-state index contributed by atoms with van der Waals surface area (Å²) in [6.45, 7) is 1.15. The van der Waals surface area contributed by atoms with Crippen LogP contribution >= 0.6 is 0 Å². The summed E-state index contributed by atoms with van der Waals surface area (Å²) in [7, 11) is 1.69. The lowest BCUT2D eigenvalue weighted by Crippen LogP contribution is -2.37. The second-order valence-electron chi connectivity index (χ2n) is 5.75. The van der Waals surface area contributed by atoms with Gasteiger partial charge in [-0.1, -0.05) is 24.3 Å². The number of fused-ring (bicyclic) bond motifs is 1. The highest BCUT2D eigenvalue weighted by atomic mass is 19.1. The van der Waals surface area contributed by atoms with E-state index in [0.717, 1.165) is 24.0 Å². The Hall–Kier alpha value is -3.02. The third-order valence-electron chi connectivity index (χ3n) is 4.06. The summed E-state index contributed by atoms with van der Waals surface area (Å²) in [5, 5.41) is 16.8. The quantitative estimate of drug-likeness (QED) is 0.426. The van der Waals surface area contributed by atoms with Gasteiger partial charge in [0.15, 0.2) is 17.5 Å². The minimum atomic E-state index is -0.624. The predicted molar refractivity (Wildman–Crippen MR) is 98.3 cm³/mol. The molecule has 0 bridgehead atoms. The molecule has 0 radical (unpaired) electrons. The first kappa shape index (κ1) is 16.8. The van der Waals surface area contributed by atoms with E-state index in [-0.39, 0.29) is 5.75 Å². The number of guanidine groups is 1. The van der Waals surface area contributed by atoms with Crippen molar-refractivity contribution in [2.24, 2.45) is 4.99 Å². The van der Waals surface area contributed by atoms with Crippen LogP contribution in [-0.4, -0.2) is 29.6 Å². The molecule has 0 atom stereocenters. The fourth-order valence-corrected chi connectivity index (χ4v) is 2.72. The number of H-pyrrole nitrogens is 1. The van der Waals surface area contributed by atoms with E-state index in [9.17, 15) is 9.50 Å². The normalized spacial score (nSPS) is 11.7. The van der Waals surface area contributed by atoms with Gasteiger partial charge in [0.25, 0.3) is 0 Å². The van der Waals surface area contributed by atoms with E-state index in [1.54, 1.807) is 13.1 Å². The minimum absolute atomic E-state index is 0.343. The van der Waals surface area contributed by atoms with Gasteiger partial charge in [-0.25, -0.2) is 4.39 Å². The highest BCUT2D eigenvalue weighted by molar-refractivity contribution is 5.83. The lowest BCUT2D eigenvalue weighted by atomic mass is 10.1. The van der Waals surface area contributed by atoms with Crippen molar-refractivity contribution < 1.29 is 9.50 Å². The van der Waals surface area contributed by atoms with Gasteiger partial charge in [-0.3, -0.25) is 4.99 Å². The number of nitrogens with one attached hydrogen (secondary N) is 3. The highest BCUT2D eigenvalue weighted by Crippen LogP contribution is 2.18. The van der Waals surface area contributed by atoms with Crippen LogP contribution in [0, 0.1) is 5.82 Å². The van der Waals surface area contributed by atoms with Crippen LogP contribution in [0.25, 0.3) is 10.9 Å². The molecule has 0 amide bonds. The van der Waals surface area contributed by atoms with Crippen molar-refractivity contribution in [1.82, 2.24) is 15.6 Å². The molecule has 1 heterocycles. The molecule has 0 fully saturated rings. The first-order chi connectivity index (χ1) is 12.2. The van der Waals surface area contributed by atoms with E-state index in [0.29, 0.717) is 12.5 Å². The summed E-state index contributed by atoms with van der Waals surface area (Å²) in [5.74, 6) is -0.320. The van der Waals surface area contributed by atoms with Gasteiger partial charge >= 0.3 is 0 Å². The van der Waals surface area contributed by atoms with E-state index >= 15 is 0 Å². The van der Waals surface area contributed by atoms with Crippen LogP contribution in [0.4, 0.5) is 4.39 Å². The molecule has 6 heteroatoms. The molecule has 2 aromatic carbocycles. The predicted octanol–water partition coefficient (Wildman–Crippen LogP) is 2.92. The lowest BCUT2D eigenvalue weighted by Gasteiger charge is -2.12. The molecule has 3 aromatic rings. The average molecular weight is 340 g/mol. The number of hydrogen-bond donors (Lipinski definition) is 4. The molecule has 0 aliphatic heterocycles. The summed E-state index contributed by atoms with van der Waals surface area (Å²) >= 11 is 0. The van der Waals surface area contributed by atoms with Crippen LogP contribution in [0.5, 0.6) is 5.75 Å². The Bertz CT molecular complexity index is 888. The van der Waals surface area contributed by atoms with E-state index < -0.39 is 5.82 Å². The van der Waals surface area contributed by atoms with E-state index in [1.165, 1.54) is 23.1 Å². The summed E-state index contributed by atoms with van der Waals surface area (Å²) < 4.78 is 13.3. The van der Waals surface area contributed by atoms with Gasteiger partial charge in [0.05, 0.1) is 0 Å². The lowest BCUT2D eigenvalue weighted by molar-refractivity contribution is 0.431. The molecule has 130 valence electrons. The van der Waals surface area contributed by atoms with Crippen LogP contribution < -0.4 is 10.6 Å². The van der Waals surface area contributed by atoms with Crippen LogP contribution in [0.1, 0.15) is 11.1 Å². The van der Waals surface area contributed by atoms with Crippen LogP contribution in [0.15, 0.2) is 53.7 Å². The van der Waals surface area contributed by atoms with Crippen LogP contribution in [0.2, 0.25) is 0 Å². The van der Waals surface area contributed by atoms with Crippen molar-refractivity contribution >= 4 is 16.9 Å². The fraction of sp³-hybridized carbons (Fsp3) is 0.211. The van der Waals surface area contributed by atoms with Crippen molar-refractivity contribution in [2.75, 3.05) is 13.6 Å². The number of phenolic OH excluding ortho intramolecular Hbond substituents is 1. The largest absolute Gasteiger partial charge is 0.505 e. The van der Waals surface area contributed by atoms with E-state index in [1.807, 2.05) is 18.3 Å². The second-order valence-corrected chi connectivity index (χ2v) is 5.75. The molecule has 0 spiro atoms. The van der Waals surface area contributed by atoms with Gasteiger partial charge in [-0.05, 0) is 35.7 Å². The summed E-state index contributed by atoms with van der Waals surface area (Å²) in [5.41, 5.74) is 3.11. The summed E-state index contributed by atoms with van der Waals surface area (Å²) in [4.78, 5) is 7.43. The summed E-state index contributed by atoms with van der Waals surface area (Å²) in [6, 6.07) is 12.5. The van der Waals surface area contributed by atoms with Gasteiger partial charge < -0.3 is 20.7 Å². The van der Waals surface area contributed by atoms with Gasteiger partial charge in [0.2, 0.25) is 0 Å². The van der Waals surface area contributed by atoms with Crippen molar-refractivity contribution in [3.05, 3.63) is 65.6 Å². The molecule has 0 aliphatic carbocycles. The van der Waals surface area contributed by atoms with E-state index in [2.05, 4.69) is 32.7 Å². The first-order valence-corrected chi connectivity index (χ1v) is 8.14. The topological polar surface area (TPSA) is 72.4 Å². The maximum atomic E-state index is 13.3. The third kappa shape index (κ3) is 4.09. The maximum Gasteiger partial charge on any atom is 0.191 e. The zero-order chi connectivity index (χ0) is 17.6. The van der Waals surface area contributed by atoms with Crippen molar-refractivity contribution in [2.45, 2.75) is 13.0 Å². The molecule has 25 heavy (non-hydrogen) atoms. The van der Waals surface area contributed by atoms with Gasteiger partial charge in [0.1, 0.15) is 0 Å². The van der Waals surface area contributed by atoms with Crippen molar-refractivity contribution in [1.29, 1.82) is 0 Å². The van der Waals surface area contributed by atoms with E-state index in [4.69, 9.17) is 0 Å². The van der Waals surface area contributed by atoms with Gasteiger partial charge in [0, 0.05) is 37.2 Å². The second kappa shape index (κ2) is 7.70. The van der Waals surface area contributed by atoms with Crippen LogP contribution in [-0.2, 0) is 13.0 Å². The smallest absolute Gasteiger partial charge is 0.191 e. The molecule has 0 saturated carbocycles. The number of rotatable bonds is 5. The molecule has 0 unspecified atom stereocenters. The molecular formula is C19H21FN4O. The summed E-state index contributed by atoms with van der Waals surface area (Å²) in [6.07, 6.45) is 2.89. The maximum absolute atomic E-state index is 13.3. The number of halogens is 1. The fourth-order valence-electron chi connectivity index (χ4n) is 2.72. The molecular weight excluding hydrogens is 319 g/mol. The third-order valence-corrected chi connectivity index (χ3v) is 4.06. The number of benzene rings is 2. The minimum Gasteiger partial charge on any atom is -0.505 e. The number of nitrogens with zero attached hydrogens (tertiary/aromatic N) is 1. The molecule has 4 N–H and O–H groups in total. The number of phenols is 1. The number of aromatic nitrogens is 1. The number of hydrogen-bond acceptors (Lipinski definition) is 2. The van der Waals surface area contributed by atoms with Gasteiger partial charge in [-0.2, -0.15) is 0 Å². The molecule has 0 aliphatic rings. The zero-order valence-corrected chi connectivity index (χ0v) is 14.0. The Labute approximate surface area is 145 Å².